The number of nitrogens with two attached hydrogens (primary N) is 1. The van der Waals surface area contributed by atoms with Crippen LogP contribution < -0.4 is 15.8 Å². The number of sulfonamides is 1. The smallest absolute Gasteiger partial charge is 0.249 e. The van der Waals surface area contributed by atoms with Crippen molar-refractivity contribution in [2.45, 2.75) is 42.0 Å². The van der Waals surface area contributed by atoms with Gasteiger partial charge in [-0.2, -0.15) is 0 Å². The average molecular weight is 354 g/mol. The van der Waals surface area contributed by atoms with Crippen LogP contribution in [-0.2, 0) is 21.4 Å². The second-order valence-electron chi connectivity index (χ2n) is 4.97. The fourth-order valence-corrected chi connectivity index (χ4v) is 4.41. The van der Waals surface area contributed by atoms with Crippen molar-refractivity contribution in [1.82, 2.24) is 10.0 Å². The van der Waals surface area contributed by atoms with Crippen LogP contribution >= 0.6 is 23.7 Å². The van der Waals surface area contributed by atoms with Crippen molar-refractivity contribution in [1.29, 1.82) is 0 Å². The largest absolute Gasteiger partial charge is 0.350 e. The van der Waals surface area contributed by atoms with Crippen molar-refractivity contribution >= 4 is 39.7 Å². The summed E-state index contributed by atoms with van der Waals surface area (Å²) in [6.07, 6.45) is 3.38. The second-order valence-corrected chi connectivity index (χ2v) is 8.26. The van der Waals surface area contributed by atoms with Gasteiger partial charge in [-0.25, -0.2) is 13.1 Å². The average Bonchev–Trinajstić information content (AvgIpc) is 3.06. The van der Waals surface area contributed by atoms with Crippen molar-refractivity contribution < 1.29 is 13.2 Å². The fraction of sp³-hybridized carbons (Fsp3) is 0.583. The SMILES string of the molecule is CNS(=O)(=O)c1ccc(CNC(=O)C2(N)CCCC2)s1.Cl. The van der Waals surface area contributed by atoms with E-state index in [9.17, 15) is 13.2 Å². The van der Waals surface area contributed by atoms with E-state index in [1.165, 1.54) is 13.1 Å². The lowest BCUT2D eigenvalue weighted by atomic mass is 9.98. The minimum Gasteiger partial charge on any atom is -0.350 e. The first-order valence-corrected chi connectivity index (χ1v) is 8.77. The Labute approximate surface area is 135 Å². The van der Waals surface area contributed by atoms with Crippen molar-refractivity contribution in [3.05, 3.63) is 17.0 Å². The van der Waals surface area contributed by atoms with Crippen LogP contribution in [0.3, 0.4) is 0 Å². The Morgan fingerprint density at radius 1 is 1.38 bits per heavy atom. The van der Waals surface area contributed by atoms with E-state index in [4.69, 9.17) is 5.73 Å². The van der Waals surface area contributed by atoms with Crippen LogP contribution in [-0.4, -0.2) is 26.9 Å². The zero-order chi connectivity index (χ0) is 14.8. The molecule has 0 atom stereocenters. The molecule has 1 aromatic heterocycles. The molecule has 1 aromatic rings. The van der Waals surface area contributed by atoms with Gasteiger partial charge in [0.1, 0.15) is 4.21 Å². The number of halogens is 1. The van der Waals surface area contributed by atoms with E-state index < -0.39 is 15.6 Å². The van der Waals surface area contributed by atoms with Gasteiger partial charge in [0.2, 0.25) is 15.9 Å². The molecule has 1 fully saturated rings. The Hall–Kier alpha value is -0.670. The molecular weight excluding hydrogens is 334 g/mol. The van der Waals surface area contributed by atoms with E-state index in [0.29, 0.717) is 19.4 Å². The van der Waals surface area contributed by atoms with Crippen molar-refractivity contribution in [3.63, 3.8) is 0 Å². The van der Waals surface area contributed by atoms with Gasteiger partial charge in [0, 0.05) is 4.88 Å². The number of carbonyl (C=O) groups is 1. The van der Waals surface area contributed by atoms with Crippen LogP contribution in [0.2, 0.25) is 0 Å². The summed E-state index contributed by atoms with van der Waals surface area (Å²) in [6.45, 7) is 0.307. The molecule has 0 bridgehead atoms. The summed E-state index contributed by atoms with van der Waals surface area (Å²) in [5.74, 6) is -0.151. The van der Waals surface area contributed by atoms with Gasteiger partial charge in [-0.3, -0.25) is 4.79 Å². The molecular formula is C12H20ClN3O3S2. The number of thiophene rings is 1. The summed E-state index contributed by atoms with van der Waals surface area (Å²) in [7, 11) is -2.04. The Kier molecular flexibility index (Phi) is 6.18. The molecule has 4 N–H and O–H groups in total. The maximum absolute atomic E-state index is 12.0. The van der Waals surface area contributed by atoms with E-state index in [2.05, 4.69) is 10.0 Å². The first kappa shape index (κ1) is 18.4. The molecule has 0 aromatic carbocycles. The highest BCUT2D eigenvalue weighted by molar-refractivity contribution is 7.91. The summed E-state index contributed by atoms with van der Waals surface area (Å²) in [6, 6.07) is 3.23. The molecule has 0 aliphatic heterocycles. The first-order valence-electron chi connectivity index (χ1n) is 6.47. The topological polar surface area (TPSA) is 101 Å². The molecule has 9 heteroatoms. The minimum atomic E-state index is -3.41. The summed E-state index contributed by atoms with van der Waals surface area (Å²) in [5, 5.41) is 2.80. The third-order valence-corrected chi connectivity index (χ3v) is 6.53. The Morgan fingerprint density at radius 3 is 2.57 bits per heavy atom. The maximum Gasteiger partial charge on any atom is 0.249 e. The summed E-state index contributed by atoms with van der Waals surface area (Å²) >= 11 is 1.14. The molecule has 0 spiro atoms. The van der Waals surface area contributed by atoms with Crippen molar-refractivity contribution in [2.24, 2.45) is 5.73 Å². The van der Waals surface area contributed by atoms with Crippen LogP contribution in [0.5, 0.6) is 0 Å². The van der Waals surface area contributed by atoms with E-state index in [1.54, 1.807) is 6.07 Å². The normalized spacial score (nSPS) is 17.2. The van der Waals surface area contributed by atoms with Gasteiger partial charge in [-0.05, 0) is 32.0 Å². The van der Waals surface area contributed by atoms with Gasteiger partial charge >= 0.3 is 0 Å². The first-order chi connectivity index (χ1) is 9.37. The number of amides is 1. The van der Waals surface area contributed by atoms with E-state index >= 15 is 0 Å². The van der Waals surface area contributed by atoms with Crippen molar-refractivity contribution in [2.75, 3.05) is 7.05 Å². The molecule has 1 saturated carbocycles. The number of rotatable bonds is 5. The minimum absolute atomic E-state index is 0. The highest BCUT2D eigenvalue weighted by atomic mass is 35.5. The lowest BCUT2D eigenvalue weighted by Gasteiger charge is -2.21. The standard InChI is InChI=1S/C12H19N3O3S2.ClH/c1-14-20(17,18)10-5-4-9(19-10)8-15-11(16)12(13)6-2-3-7-12;/h4-5,14H,2-3,6-8,13H2,1H3,(H,15,16);1H. The fourth-order valence-electron chi connectivity index (χ4n) is 2.27. The molecule has 21 heavy (non-hydrogen) atoms. The molecule has 1 heterocycles. The van der Waals surface area contributed by atoms with Gasteiger partial charge in [0.15, 0.2) is 0 Å². The Bertz CT molecular complexity index is 595. The Morgan fingerprint density at radius 2 is 2.00 bits per heavy atom. The molecule has 1 aliphatic rings. The molecule has 0 radical (unpaired) electrons. The van der Waals surface area contributed by atoms with Crippen LogP contribution in [0, 0.1) is 0 Å². The lowest BCUT2D eigenvalue weighted by Crippen LogP contribution is -2.51. The van der Waals surface area contributed by atoms with E-state index in [-0.39, 0.29) is 22.5 Å². The van der Waals surface area contributed by atoms with Gasteiger partial charge in [-0.1, -0.05) is 12.8 Å². The van der Waals surface area contributed by atoms with E-state index in [0.717, 1.165) is 29.1 Å². The third kappa shape index (κ3) is 4.17. The van der Waals surface area contributed by atoms with Gasteiger partial charge in [0.05, 0.1) is 12.1 Å². The Balaban J connectivity index is 0.00000220. The number of nitrogens with one attached hydrogen (secondary N) is 2. The van der Waals surface area contributed by atoms with Crippen LogP contribution in [0.4, 0.5) is 0 Å². The zero-order valence-corrected chi connectivity index (χ0v) is 14.2. The number of carbonyl (C=O) groups excluding carboxylic acids is 1. The quantitative estimate of drug-likeness (QED) is 0.734. The molecule has 120 valence electrons. The molecule has 0 unspecified atom stereocenters. The van der Waals surface area contributed by atoms with Gasteiger partial charge in [-0.15, -0.1) is 23.7 Å². The van der Waals surface area contributed by atoms with Gasteiger partial charge in [0.25, 0.3) is 0 Å². The zero-order valence-electron chi connectivity index (χ0n) is 11.7. The predicted octanol–water partition coefficient (Wildman–Crippen LogP) is 0.966. The number of hydrogen-bond acceptors (Lipinski definition) is 5. The number of hydrogen-bond donors (Lipinski definition) is 3. The molecule has 2 rings (SSSR count). The van der Waals surface area contributed by atoms with Crippen LogP contribution in [0.25, 0.3) is 0 Å². The van der Waals surface area contributed by atoms with Gasteiger partial charge < -0.3 is 11.1 Å². The van der Waals surface area contributed by atoms with Crippen LogP contribution in [0.1, 0.15) is 30.6 Å². The summed E-state index contributed by atoms with van der Waals surface area (Å²) in [5.41, 5.74) is 5.30. The molecule has 1 amide bonds. The summed E-state index contributed by atoms with van der Waals surface area (Å²) < 4.78 is 25.7. The highest BCUT2D eigenvalue weighted by Gasteiger charge is 2.36. The lowest BCUT2D eigenvalue weighted by molar-refractivity contribution is -0.126. The maximum atomic E-state index is 12.0. The third-order valence-electron chi connectivity index (χ3n) is 3.54. The van der Waals surface area contributed by atoms with Crippen molar-refractivity contribution in [3.8, 4) is 0 Å². The van der Waals surface area contributed by atoms with E-state index in [1.807, 2.05) is 0 Å². The molecule has 0 saturated heterocycles. The monoisotopic (exact) mass is 353 g/mol. The predicted molar refractivity (Wildman–Crippen MR) is 85.0 cm³/mol. The second kappa shape index (κ2) is 7.06. The highest BCUT2D eigenvalue weighted by Crippen LogP contribution is 2.27. The molecule has 1 aliphatic carbocycles. The summed E-state index contributed by atoms with van der Waals surface area (Å²) in [4.78, 5) is 12.8. The van der Waals surface area contributed by atoms with Crippen LogP contribution in [0.15, 0.2) is 16.3 Å². The molecule has 6 nitrogen and oxygen atoms in total.